The fourth-order valence-electron chi connectivity index (χ4n) is 11.0. The van der Waals surface area contributed by atoms with E-state index in [0.717, 1.165) is 51.1 Å². The van der Waals surface area contributed by atoms with E-state index in [1.807, 2.05) is 6.07 Å². The van der Waals surface area contributed by atoms with Gasteiger partial charge in [0.2, 0.25) is 0 Å². The maximum atomic E-state index is 6.28. The molecular weight excluding hydrogens is 631 g/mol. The van der Waals surface area contributed by atoms with Crippen molar-refractivity contribution >= 4 is 49.8 Å². The van der Waals surface area contributed by atoms with Crippen molar-refractivity contribution in [2.45, 2.75) is 43.9 Å². The normalized spacial score (nSPS) is 22.0. The summed E-state index contributed by atoms with van der Waals surface area (Å²) in [4.78, 5) is 2.44. The molecule has 4 saturated carbocycles. The summed E-state index contributed by atoms with van der Waals surface area (Å²) in [6, 6.07) is 58.1. The Morgan fingerprint density at radius 1 is 0.462 bits per heavy atom. The van der Waals surface area contributed by atoms with E-state index < -0.39 is 0 Å². The zero-order valence-electron chi connectivity index (χ0n) is 29.3. The molecule has 7 aromatic carbocycles. The number of fused-ring (bicyclic) bond motifs is 4. The lowest BCUT2D eigenvalue weighted by Gasteiger charge is -2.57. The summed E-state index contributed by atoms with van der Waals surface area (Å²) in [6.45, 7) is 0. The van der Waals surface area contributed by atoms with E-state index in [-0.39, 0.29) is 0 Å². The quantitative estimate of drug-likeness (QED) is 0.175. The van der Waals surface area contributed by atoms with Crippen LogP contribution in [0.1, 0.15) is 44.1 Å². The third-order valence-electron chi connectivity index (χ3n) is 12.8. The summed E-state index contributed by atoms with van der Waals surface area (Å²) >= 11 is 0. The predicted octanol–water partition coefficient (Wildman–Crippen LogP) is 14.0. The molecule has 0 spiro atoms. The number of benzene rings is 7. The van der Waals surface area contributed by atoms with Gasteiger partial charge in [-0.1, -0.05) is 109 Å². The summed E-state index contributed by atoms with van der Waals surface area (Å²) in [5.74, 6) is 2.79. The minimum absolute atomic E-state index is 0.372. The van der Waals surface area contributed by atoms with Crippen LogP contribution < -0.4 is 4.90 Å². The van der Waals surface area contributed by atoms with Gasteiger partial charge < -0.3 is 9.32 Å². The van der Waals surface area contributed by atoms with Crippen LogP contribution in [0.25, 0.3) is 55.0 Å². The highest BCUT2D eigenvalue weighted by atomic mass is 16.3. The van der Waals surface area contributed by atoms with Crippen molar-refractivity contribution < 1.29 is 4.42 Å². The summed E-state index contributed by atoms with van der Waals surface area (Å²) < 4.78 is 6.28. The highest BCUT2D eigenvalue weighted by molar-refractivity contribution is 6.08. The van der Waals surface area contributed by atoms with E-state index >= 15 is 0 Å². The minimum atomic E-state index is 0.372. The number of para-hydroxylation sites is 1. The van der Waals surface area contributed by atoms with Crippen molar-refractivity contribution in [1.82, 2.24) is 0 Å². The molecule has 0 aliphatic heterocycles. The Morgan fingerprint density at radius 3 is 1.81 bits per heavy atom. The van der Waals surface area contributed by atoms with Gasteiger partial charge >= 0.3 is 0 Å². The molecule has 0 radical (unpaired) electrons. The number of hydrogen-bond donors (Lipinski definition) is 0. The third-order valence-corrected chi connectivity index (χ3v) is 12.8. The van der Waals surface area contributed by atoms with Crippen molar-refractivity contribution in [2.75, 3.05) is 4.90 Å². The van der Waals surface area contributed by atoms with Crippen LogP contribution in [0.5, 0.6) is 0 Å². The number of furan rings is 1. The van der Waals surface area contributed by atoms with Gasteiger partial charge in [-0.3, -0.25) is 0 Å². The SMILES string of the molecule is c1ccc(-c2cccc3cccc(-c4cccc(N(c5ccc(C67CC8CC(CC(C8)C6)C7)cc5)c5ccc6oc7ccccc7c6c5)c4)c23)cc1. The molecule has 1 aromatic heterocycles. The first-order valence-electron chi connectivity index (χ1n) is 19.2. The summed E-state index contributed by atoms with van der Waals surface area (Å²) in [5, 5.41) is 4.82. The van der Waals surface area contributed by atoms with Crippen molar-refractivity contribution in [3.63, 3.8) is 0 Å². The maximum absolute atomic E-state index is 6.28. The van der Waals surface area contributed by atoms with Crippen LogP contribution in [-0.4, -0.2) is 0 Å². The zero-order chi connectivity index (χ0) is 34.2. The van der Waals surface area contributed by atoms with E-state index in [1.54, 1.807) is 5.56 Å². The molecule has 0 atom stereocenters. The van der Waals surface area contributed by atoms with Crippen LogP contribution in [0.15, 0.2) is 162 Å². The lowest BCUT2D eigenvalue weighted by molar-refractivity contribution is -0.00518. The van der Waals surface area contributed by atoms with Gasteiger partial charge in [-0.2, -0.15) is 0 Å². The van der Waals surface area contributed by atoms with Crippen LogP contribution in [-0.2, 0) is 5.41 Å². The molecule has 52 heavy (non-hydrogen) atoms. The zero-order valence-corrected chi connectivity index (χ0v) is 29.3. The number of nitrogens with zero attached hydrogens (tertiary/aromatic N) is 1. The van der Waals surface area contributed by atoms with Gasteiger partial charge in [-0.15, -0.1) is 0 Å². The molecule has 0 N–H and O–H groups in total. The Balaban J connectivity index is 1.06. The monoisotopic (exact) mass is 671 g/mol. The molecule has 4 aliphatic rings. The molecule has 0 amide bonds. The van der Waals surface area contributed by atoms with E-state index in [9.17, 15) is 0 Å². The minimum Gasteiger partial charge on any atom is -0.456 e. The predicted molar refractivity (Wildman–Crippen MR) is 217 cm³/mol. The lowest BCUT2D eigenvalue weighted by Crippen LogP contribution is -2.48. The standard InChI is InChI=1S/C50H41NO/c1-2-9-36(10-3-1)43-16-7-11-37-12-8-17-44(49(37)43)38-13-6-14-41(28-38)51(42-23-24-48-46(29-42)45-15-4-5-18-47(45)52-48)40-21-19-39(20-22-40)50-30-33-25-34(31-50)27-35(26-33)32-50/h1-24,28-29,33-35H,25-27,30-32H2. The van der Waals surface area contributed by atoms with E-state index in [2.05, 4.69) is 157 Å². The molecule has 2 nitrogen and oxygen atoms in total. The molecular formula is C50H41NO. The van der Waals surface area contributed by atoms with Gasteiger partial charge in [0.1, 0.15) is 11.2 Å². The molecule has 2 heteroatoms. The van der Waals surface area contributed by atoms with Crippen LogP contribution >= 0.6 is 0 Å². The van der Waals surface area contributed by atoms with E-state index in [0.29, 0.717) is 5.41 Å². The molecule has 12 rings (SSSR count). The van der Waals surface area contributed by atoms with Gasteiger partial charge in [0, 0.05) is 27.8 Å². The Kier molecular flexibility index (Phi) is 6.77. The Hall–Kier alpha value is -5.60. The van der Waals surface area contributed by atoms with Gasteiger partial charge in [-0.05, 0) is 149 Å². The van der Waals surface area contributed by atoms with Crippen molar-refractivity contribution in [1.29, 1.82) is 0 Å². The number of rotatable bonds is 6. The first kappa shape index (κ1) is 30.1. The molecule has 4 bridgehead atoms. The maximum Gasteiger partial charge on any atom is 0.135 e. The second-order valence-corrected chi connectivity index (χ2v) is 16.0. The largest absolute Gasteiger partial charge is 0.456 e. The van der Waals surface area contributed by atoms with Crippen molar-refractivity contribution in [3.05, 3.63) is 163 Å². The third kappa shape index (κ3) is 4.84. The second-order valence-electron chi connectivity index (χ2n) is 16.0. The first-order valence-corrected chi connectivity index (χ1v) is 19.2. The highest BCUT2D eigenvalue weighted by Crippen LogP contribution is 2.61. The number of hydrogen-bond acceptors (Lipinski definition) is 2. The molecule has 0 saturated heterocycles. The van der Waals surface area contributed by atoms with E-state index in [4.69, 9.17) is 4.42 Å². The Morgan fingerprint density at radius 2 is 1.06 bits per heavy atom. The fourth-order valence-corrected chi connectivity index (χ4v) is 11.0. The first-order chi connectivity index (χ1) is 25.7. The van der Waals surface area contributed by atoms with Gasteiger partial charge in [-0.25, -0.2) is 0 Å². The van der Waals surface area contributed by atoms with Gasteiger partial charge in [0.25, 0.3) is 0 Å². The van der Waals surface area contributed by atoms with Gasteiger partial charge in [0.15, 0.2) is 0 Å². The van der Waals surface area contributed by atoms with Crippen LogP contribution in [0.2, 0.25) is 0 Å². The highest BCUT2D eigenvalue weighted by Gasteiger charge is 2.51. The van der Waals surface area contributed by atoms with Crippen LogP contribution in [0.4, 0.5) is 17.1 Å². The average Bonchev–Trinajstić information content (AvgIpc) is 3.56. The molecule has 8 aromatic rings. The molecule has 252 valence electrons. The van der Waals surface area contributed by atoms with Crippen molar-refractivity contribution in [3.8, 4) is 22.3 Å². The lowest BCUT2D eigenvalue weighted by atomic mass is 9.48. The average molecular weight is 672 g/mol. The Bertz CT molecular complexity index is 2570. The summed E-state index contributed by atoms with van der Waals surface area (Å²) in [7, 11) is 0. The summed E-state index contributed by atoms with van der Waals surface area (Å²) in [6.07, 6.45) is 8.54. The van der Waals surface area contributed by atoms with E-state index in [1.165, 1.54) is 77.2 Å². The fraction of sp³-hybridized carbons (Fsp3) is 0.200. The molecule has 0 unspecified atom stereocenters. The molecule has 4 fully saturated rings. The second kappa shape index (κ2) is 11.7. The van der Waals surface area contributed by atoms with Crippen LogP contribution in [0.3, 0.4) is 0 Å². The number of anilines is 3. The summed E-state index contributed by atoms with van der Waals surface area (Å²) in [5.41, 5.74) is 12.2. The van der Waals surface area contributed by atoms with Gasteiger partial charge in [0.05, 0.1) is 0 Å². The Labute approximate surface area is 305 Å². The molecule has 4 aliphatic carbocycles. The van der Waals surface area contributed by atoms with Crippen LogP contribution in [0, 0.1) is 17.8 Å². The molecule has 1 heterocycles. The van der Waals surface area contributed by atoms with Crippen molar-refractivity contribution in [2.24, 2.45) is 17.8 Å². The topological polar surface area (TPSA) is 16.4 Å². The smallest absolute Gasteiger partial charge is 0.135 e.